The van der Waals surface area contributed by atoms with Gasteiger partial charge in [0.25, 0.3) is 0 Å². The summed E-state index contributed by atoms with van der Waals surface area (Å²) in [6.45, 7) is 0. The molecule has 0 radical (unpaired) electrons. The third-order valence-electron chi connectivity index (χ3n) is 2.79. The second kappa shape index (κ2) is 8.14. The predicted molar refractivity (Wildman–Crippen MR) is 75.9 cm³/mol. The summed E-state index contributed by atoms with van der Waals surface area (Å²) in [6.07, 6.45) is 4.65. The molecule has 1 aromatic rings. The van der Waals surface area contributed by atoms with E-state index in [0.29, 0.717) is 17.7 Å². The lowest BCUT2D eigenvalue weighted by atomic mass is 10.0. The number of benzene rings is 1. The van der Waals surface area contributed by atoms with E-state index in [1.807, 2.05) is 0 Å². The van der Waals surface area contributed by atoms with E-state index < -0.39 is 0 Å². The molecule has 0 amide bonds. The number of carbonyl (C=O) groups excluding carboxylic acids is 1. The highest BCUT2D eigenvalue weighted by atomic mass is 79.9. The molecule has 4 heteroatoms. The first-order chi connectivity index (χ1) is 8.69. The van der Waals surface area contributed by atoms with Gasteiger partial charge in [0.05, 0.1) is 12.7 Å². The molecule has 0 aliphatic rings. The first kappa shape index (κ1) is 15.0. The summed E-state index contributed by atoms with van der Waals surface area (Å²) in [4.78, 5) is 11.9. The molecule has 0 aliphatic carbocycles. The number of carbonyl (C=O) groups is 1. The van der Waals surface area contributed by atoms with E-state index in [2.05, 4.69) is 15.9 Å². The van der Waals surface area contributed by atoms with Crippen LogP contribution in [-0.4, -0.2) is 23.3 Å². The molecule has 3 nitrogen and oxygen atoms in total. The number of hydrogen-bond acceptors (Lipinski definition) is 3. The molecule has 0 fully saturated rings. The number of ketones is 1. The Balaban J connectivity index is 2.50. The van der Waals surface area contributed by atoms with Gasteiger partial charge in [0.1, 0.15) is 11.5 Å². The maximum atomic E-state index is 11.9. The highest BCUT2D eigenvalue weighted by Crippen LogP contribution is 2.24. The Kier molecular flexibility index (Phi) is 6.80. The molecule has 0 spiro atoms. The fraction of sp³-hybridized carbons (Fsp3) is 0.500. The number of phenols is 1. The largest absolute Gasteiger partial charge is 0.507 e. The Labute approximate surface area is 116 Å². The van der Waals surface area contributed by atoms with Crippen LogP contribution in [0.15, 0.2) is 18.2 Å². The molecule has 100 valence electrons. The van der Waals surface area contributed by atoms with Crippen LogP contribution in [0.5, 0.6) is 11.5 Å². The van der Waals surface area contributed by atoms with Gasteiger partial charge in [-0.15, -0.1) is 0 Å². The van der Waals surface area contributed by atoms with Crippen LogP contribution in [0.3, 0.4) is 0 Å². The zero-order valence-corrected chi connectivity index (χ0v) is 12.2. The molecule has 0 unspecified atom stereocenters. The van der Waals surface area contributed by atoms with Crippen molar-refractivity contribution in [2.75, 3.05) is 12.4 Å². The minimum Gasteiger partial charge on any atom is -0.507 e. The molecule has 1 rings (SSSR count). The van der Waals surface area contributed by atoms with Crippen LogP contribution in [0, 0.1) is 0 Å². The molecule has 0 saturated carbocycles. The molecule has 0 aliphatic heterocycles. The Morgan fingerprint density at radius 2 is 2.00 bits per heavy atom. The summed E-state index contributed by atoms with van der Waals surface area (Å²) in [5.74, 6) is 0.599. The number of rotatable bonds is 8. The highest BCUT2D eigenvalue weighted by Gasteiger charge is 2.11. The average molecular weight is 315 g/mol. The fourth-order valence-electron chi connectivity index (χ4n) is 1.73. The number of aromatic hydroxyl groups is 1. The van der Waals surface area contributed by atoms with Gasteiger partial charge in [0.2, 0.25) is 0 Å². The number of unbranched alkanes of at least 4 members (excludes halogenated alkanes) is 3. The molecular weight excluding hydrogens is 296 g/mol. The maximum absolute atomic E-state index is 11.9. The molecule has 0 bridgehead atoms. The molecule has 1 N–H and O–H groups in total. The van der Waals surface area contributed by atoms with Crippen molar-refractivity contribution in [3.8, 4) is 11.5 Å². The van der Waals surface area contributed by atoms with Gasteiger partial charge in [-0.05, 0) is 31.0 Å². The first-order valence-electron chi connectivity index (χ1n) is 6.15. The van der Waals surface area contributed by atoms with Crippen LogP contribution >= 0.6 is 15.9 Å². The molecule has 0 saturated heterocycles. The quantitative estimate of drug-likeness (QED) is 0.449. The summed E-state index contributed by atoms with van der Waals surface area (Å²) in [6, 6.07) is 4.73. The summed E-state index contributed by atoms with van der Waals surface area (Å²) < 4.78 is 5.05. The topological polar surface area (TPSA) is 46.5 Å². The van der Waals surface area contributed by atoms with Crippen molar-refractivity contribution in [1.29, 1.82) is 0 Å². The fourth-order valence-corrected chi connectivity index (χ4v) is 2.13. The lowest BCUT2D eigenvalue weighted by molar-refractivity contribution is 0.0976. The molecule has 0 atom stereocenters. The number of methoxy groups -OCH3 is 1. The van der Waals surface area contributed by atoms with Crippen molar-refractivity contribution in [2.24, 2.45) is 0 Å². The third kappa shape index (κ3) is 4.69. The molecule has 0 heterocycles. The number of alkyl halides is 1. The normalized spacial score (nSPS) is 10.3. The van der Waals surface area contributed by atoms with Crippen molar-refractivity contribution in [3.63, 3.8) is 0 Å². The maximum Gasteiger partial charge on any atom is 0.166 e. The zero-order valence-electron chi connectivity index (χ0n) is 10.6. The number of halogens is 1. The van der Waals surface area contributed by atoms with Crippen LogP contribution in [0.1, 0.15) is 42.5 Å². The van der Waals surface area contributed by atoms with Gasteiger partial charge in [0, 0.05) is 11.8 Å². The number of Topliss-reactive ketones (excluding diaryl/α,β-unsaturated/α-hetero) is 1. The SMILES string of the molecule is COc1ccc(O)c(C(=O)CCCCCCBr)c1. The minimum absolute atomic E-state index is 0.0229. The second-order valence-corrected chi connectivity index (χ2v) is 4.95. The van der Waals surface area contributed by atoms with Gasteiger partial charge < -0.3 is 9.84 Å². The van der Waals surface area contributed by atoms with Crippen LogP contribution < -0.4 is 4.74 Å². The lowest BCUT2D eigenvalue weighted by Gasteiger charge is -2.06. The summed E-state index contributed by atoms with van der Waals surface area (Å²) in [5, 5.41) is 10.7. The van der Waals surface area contributed by atoms with Gasteiger partial charge >= 0.3 is 0 Å². The Morgan fingerprint density at radius 3 is 2.67 bits per heavy atom. The number of phenolic OH excluding ortho intramolecular Hbond substituents is 1. The molecule has 0 aromatic heterocycles. The van der Waals surface area contributed by atoms with Gasteiger partial charge in [-0.2, -0.15) is 0 Å². The Hall–Kier alpha value is -1.03. The van der Waals surface area contributed by atoms with Crippen LogP contribution in [0.4, 0.5) is 0 Å². The number of hydrogen-bond donors (Lipinski definition) is 1. The van der Waals surface area contributed by atoms with Gasteiger partial charge in [-0.25, -0.2) is 0 Å². The highest BCUT2D eigenvalue weighted by molar-refractivity contribution is 9.09. The van der Waals surface area contributed by atoms with E-state index in [4.69, 9.17) is 4.74 Å². The van der Waals surface area contributed by atoms with Crippen molar-refractivity contribution in [2.45, 2.75) is 32.1 Å². The number of ether oxygens (including phenoxy) is 1. The van der Waals surface area contributed by atoms with E-state index in [1.165, 1.54) is 6.07 Å². The van der Waals surface area contributed by atoms with E-state index in [1.54, 1.807) is 19.2 Å². The predicted octanol–water partition coefficient (Wildman–Crippen LogP) is 3.93. The van der Waals surface area contributed by atoms with Gasteiger partial charge in [-0.1, -0.05) is 28.8 Å². The third-order valence-corrected chi connectivity index (χ3v) is 3.35. The zero-order chi connectivity index (χ0) is 13.4. The van der Waals surface area contributed by atoms with E-state index in [-0.39, 0.29) is 11.5 Å². The van der Waals surface area contributed by atoms with Crippen LogP contribution in [0.2, 0.25) is 0 Å². The summed E-state index contributed by atoms with van der Waals surface area (Å²) in [7, 11) is 1.54. The molecule has 1 aromatic carbocycles. The second-order valence-electron chi connectivity index (χ2n) is 4.16. The Bertz CT molecular complexity index is 391. The van der Waals surface area contributed by atoms with Crippen molar-refractivity contribution in [3.05, 3.63) is 23.8 Å². The van der Waals surface area contributed by atoms with Crippen LogP contribution in [0.25, 0.3) is 0 Å². The van der Waals surface area contributed by atoms with Crippen molar-refractivity contribution >= 4 is 21.7 Å². The average Bonchev–Trinajstić information content (AvgIpc) is 2.39. The first-order valence-corrected chi connectivity index (χ1v) is 7.27. The standard InChI is InChI=1S/C14H19BrO3/c1-18-11-7-8-14(17)12(10-11)13(16)6-4-2-3-5-9-15/h7-8,10,17H,2-6,9H2,1H3. The van der Waals surface area contributed by atoms with Gasteiger partial charge in [-0.3, -0.25) is 4.79 Å². The van der Waals surface area contributed by atoms with Crippen molar-refractivity contribution in [1.82, 2.24) is 0 Å². The van der Waals surface area contributed by atoms with Crippen LogP contribution in [-0.2, 0) is 0 Å². The minimum atomic E-state index is -0.0229. The summed E-state index contributed by atoms with van der Waals surface area (Å²) in [5.41, 5.74) is 0.356. The monoisotopic (exact) mass is 314 g/mol. The summed E-state index contributed by atoms with van der Waals surface area (Å²) >= 11 is 3.38. The van der Waals surface area contributed by atoms with E-state index in [9.17, 15) is 9.90 Å². The van der Waals surface area contributed by atoms with Crippen molar-refractivity contribution < 1.29 is 14.6 Å². The molecular formula is C14H19BrO3. The van der Waals surface area contributed by atoms with E-state index in [0.717, 1.165) is 31.0 Å². The Morgan fingerprint density at radius 1 is 1.28 bits per heavy atom. The smallest absolute Gasteiger partial charge is 0.166 e. The lowest BCUT2D eigenvalue weighted by Crippen LogP contribution is -2.00. The van der Waals surface area contributed by atoms with E-state index >= 15 is 0 Å². The van der Waals surface area contributed by atoms with Gasteiger partial charge in [0.15, 0.2) is 5.78 Å². The molecule has 18 heavy (non-hydrogen) atoms.